The number of benzene rings is 1. The summed E-state index contributed by atoms with van der Waals surface area (Å²) in [7, 11) is -3.66. The molecule has 0 aliphatic rings. The summed E-state index contributed by atoms with van der Waals surface area (Å²) < 4.78 is 27.1. The molecule has 1 heterocycles. The van der Waals surface area contributed by atoms with E-state index in [2.05, 4.69) is 10.0 Å². The number of thiophene rings is 1. The standard InChI is InChI=1S/C17H20N2O5S2/c1-12(4-9-16(20)21)19-17(22)13-5-7-15(8-6-13)26(23,24)18-11-14-3-2-10-25-14/h2-3,5-8,10,12,18H,4,9,11H2,1H3,(H,19,22)(H,20,21). The van der Waals surface area contributed by atoms with E-state index in [1.807, 2.05) is 17.5 Å². The van der Waals surface area contributed by atoms with Gasteiger partial charge in [0.05, 0.1) is 4.90 Å². The fourth-order valence-corrected chi connectivity index (χ4v) is 3.91. The third kappa shape index (κ3) is 5.94. The molecule has 0 aliphatic heterocycles. The monoisotopic (exact) mass is 396 g/mol. The average molecular weight is 396 g/mol. The van der Waals surface area contributed by atoms with Crippen LogP contribution in [-0.4, -0.2) is 31.4 Å². The molecule has 3 N–H and O–H groups in total. The lowest BCUT2D eigenvalue weighted by molar-refractivity contribution is -0.137. The van der Waals surface area contributed by atoms with Crippen LogP contribution >= 0.6 is 11.3 Å². The van der Waals surface area contributed by atoms with Gasteiger partial charge in [0.2, 0.25) is 10.0 Å². The molecule has 1 amide bonds. The Hall–Kier alpha value is -2.23. The maximum Gasteiger partial charge on any atom is 0.303 e. The van der Waals surface area contributed by atoms with E-state index in [0.717, 1.165) is 4.88 Å². The second-order valence-corrected chi connectivity index (χ2v) is 8.53. The maximum atomic E-state index is 12.3. The van der Waals surface area contributed by atoms with Crippen LogP contribution in [0.3, 0.4) is 0 Å². The molecule has 0 bridgehead atoms. The molecule has 140 valence electrons. The first kappa shape index (κ1) is 20.1. The third-order valence-corrected chi connectivity index (χ3v) is 5.91. The Labute approximate surface area is 156 Å². The molecule has 2 aromatic rings. The summed E-state index contributed by atoms with van der Waals surface area (Å²) in [5.41, 5.74) is 0.310. The molecule has 1 aromatic heterocycles. The molecular formula is C17H20N2O5S2. The van der Waals surface area contributed by atoms with E-state index in [-0.39, 0.29) is 29.8 Å². The first-order valence-electron chi connectivity index (χ1n) is 7.92. The minimum absolute atomic E-state index is 0.0332. The van der Waals surface area contributed by atoms with Crippen LogP contribution in [0.2, 0.25) is 0 Å². The van der Waals surface area contributed by atoms with Crippen LogP contribution in [-0.2, 0) is 21.4 Å². The molecule has 0 saturated carbocycles. The Balaban J connectivity index is 1.96. The van der Waals surface area contributed by atoms with Crippen LogP contribution in [0.1, 0.15) is 35.0 Å². The van der Waals surface area contributed by atoms with Crippen LogP contribution in [0.5, 0.6) is 0 Å². The van der Waals surface area contributed by atoms with E-state index >= 15 is 0 Å². The summed E-state index contributed by atoms with van der Waals surface area (Å²) in [6.45, 7) is 1.93. The van der Waals surface area contributed by atoms with Gasteiger partial charge in [0.1, 0.15) is 0 Å². The second-order valence-electron chi connectivity index (χ2n) is 5.74. The Morgan fingerprint density at radius 2 is 1.88 bits per heavy atom. The first-order valence-corrected chi connectivity index (χ1v) is 10.3. The van der Waals surface area contributed by atoms with Crippen molar-refractivity contribution in [2.45, 2.75) is 37.2 Å². The van der Waals surface area contributed by atoms with Gasteiger partial charge in [-0.15, -0.1) is 11.3 Å². The normalized spacial score (nSPS) is 12.5. The van der Waals surface area contributed by atoms with Crippen molar-refractivity contribution in [2.75, 3.05) is 0 Å². The molecule has 26 heavy (non-hydrogen) atoms. The quantitative estimate of drug-likeness (QED) is 0.601. The molecule has 0 spiro atoms. The van der Waals surface area contributed by atoms with Gasteiger partial charge in [-0.2, -0.15) is 0 Å². The molecule has 0 aliphatic carbocycles. The summed E-state index contributed by atoms with van der Waals surface area (Å²) >= 11 is 1.46. The molecule has 7 nitrogen and oxygen atoms in total. The van der Waals surface area contributed by atoms with Crippen molar-refractivity contribution in [3.63, 3.8) is 0 Å². The second kappa shape index (κ2) is 8.93. The lowest BCUT2D eigenvalue weighted by atomic mass is 10.1. The molecule has 0 fully saturated rings. The lowest BCUT2D eigenvalue weighted by Crippen LogP contribution is -2.33. The first-order chi connectivity index (χ1) is 12.3. The van der Waals surface area contributed by atoms with Crippen molar-refractivity contribution in [1.29, 1.82) is 0 Å². The maximum absolute atomic E-state index is 12.3. The summed E-state index contributed by atoms with van der Waals surface area (Å²) in [6.07, 6.45) is 0.286. The van der Waals surface area contributed by atoms with E-state index in [9.17, 15) is 18.0 Å². The highest BCUT2D eigenvalue weighted by Gasteiger charge is 2.16. The summed E-state index contributed by atoms with van der Waals surface area (Å²) in [5.74, 6) is -1.30. The van der Waals surface area contributed by atoms with E-state index in [1.165, 1.54) is 35.6 Å². The Morgan fingerprint density at radius 3 is 2.46 bits per heavy atom. The van der Waals surface area contributed by atoms with Crippen molar-refractivity contribution in [2.24, 2.45) is 0 Å². The zero-order chi connectivity index (χ0) is 19.2. The van der Waals surface area contributed by atoms with Gasteiger partial charge in [-0.1, -0.05) is 6.07 Å². The number of hydrogen-bond donors (Lipinski definition) is 3. The van der Waals surface area contributed by atoms with Crippen LogP contribution in [0.25, 0.3) is 0 Å². The molecule has 2 rings (SSSR count). The molecule has 1 atom stereocenters. The summed E-state index contributed by atoms with van der Waals surface area (Å²) in [5, 5.41) is 13.2. The van der Waals surface area contributed by atoms with Crippen LogP contribution in [0, 0.1) is 0 Å². The number of carbonyl (C=O) groups excluding carboxylic acids is 1. The zero-order valence-electron chi connectivity index (χ0n) is 14.1. The number of carboxylic acids is 1. The number of amides is 1. The van der Waals surface area contributed by atoms with Gasteiger partial charge in [0.15, 0.2) is 0 Å². The molecule has 1 aromatic carbocycles. The van der Waals surface area contributed by atoms with Crippen LogP contribution in [0.15, 0.2) is 46.7 Å². The number of carboxylic acid groups (broad SMARTS) is 1. The van der Waals surface area contributed by atoms with Gasteiger partial charge in [0.25, 0.3) is 5.91 Å². The van der Waals surface area contributed by atoms with Gasteiger partial charge >= 0.3 is 5.97 Å². The number of sulfonamides is 1. The third-order valence-electron chi connectivity index (χ3n) is 3.61. The molecular weight excluding hydrogens is 376 g/mol. The lowest BCUT2D eigenvalue weighted by Gasteiger charge is -2.13. The van der Waals surface area contributed by atoms with Crippen molar-refractivity contribution in [3.05, 3.63) is 52.2 Å². The number of nitrogens with one attached hydrogen (secondary N) is 2. The predicted octanol–water partition coefficient (Wildman–Crippen LogP) is 2.21. The predicted molar refractivity (Wildman–Crippen MR) is 98.6 cm³/mol. The Kier molecular flexibility index (Phi) is 6.90. The average Bonchev–Trinajstić information content (AvgIpc) is 3.12. The smallest absolute Gasteiger partial charge is 0.303 e. The number of aliphatic carboxylic acids is 1. The molecule has 0 radical (unpaired) electrons. The SMILES string of the molecule is CC(CCC(=O)O)NC(=O)c1ccc(S(=O)(=O)NCc2cccs2)cc1. The largest absolute Gasteiger partial charge is 0.481 e. The van der Waals surface area contributed by atoms with Crippen molar-refractivity contribution in [3.8, 4) is 0 Å². The van der Waals surface area contributed by atoms with Gasteiger partial charge in [-0.05, 0) is 49.1 Å². The van der Waals surface area contributed by atoms with Gasteiger partial charge in [-0.25, -0.2) is 13.1 Å². The summed E-state index contributed by atoms with van der Waals surface area (Å²) in [6, 6.07) is 8.99. The van der Waals surface area contributed by atoms with Crippen LogP contribution in [0.4, 0.5) is 0 Å². The highest BCUT2D eigenvalue weighted by molar-refractivity contribution is 7.89. The molecule has 9 heteroatoms. The minimum Gasteiger partial charge on any atom is -0.481 e. The van der Waals surface area contributed by atoms with Crippen molar-refractivity contribution < 1.29 is 23.1 Å². The van der Waals surface area contributed by atoms with E-state index in [4.69, 9.17) is 5.11 Å². The highest BCUT2D eigenvalue weighted by Crippen LogP contribution is 2.13. The fraction of sp³-hybridized carbons (Fsp3) is 0.294. The molecule has 1 unspecified atom stereocenters. The van der Waals surface area contributed by atoms with Crippen molar-refractivity contribution >= 4 is 33.2 Å². The topological polar surface area (TPSA) is 113 Å². The number of rotatable bonds is 9. The number of carbonyl (C=O) groups is 2. The van der Waals surface area contributed by atoms with E-state index in [0.29, 0.717) is 12.0 Å². The Bertz CT molecular complexity index is 846. The van der Waals surface area contributed by atoms with Gasteiger partial charge in [0, 0.05) is 29.4 Å². The number of hydrogen-bond acceptors (Lipinski definition) is 5. The van der Waals surface area contributed by atoms with Gasteiger partial charge in [-0.3, -0.25) is 9.59 Å². The fourth-order valence-electron chi connectivity index (χ4n) is 2.17. The zero-order valence-corrected chi connectivity index (χ0v) is 15.8. The van der Waals surface area contributed by atoms with E-state index in [1.54, 1.807) is 6.92 Å². The minimum atomic E-state index is -3.66. The van der Waals surface area contributed by atoms with Gasteiger partial charge < -0.3 is 10.4 Å². The van der Waals surface area contributed by atoms with Crippen molar-refractivity contribution in [1.82, 2.24) is 10.0 Å². The highest BCUT2D eigenvalue weighted by atomic mass is 32.2. The van der Waals surface area contributed by atoms with E-state index < -0.39 is 16.0 Å². The molecule has 0 saturated heterocycles. The summed E-state index contributed by atoms with van der Waals surface area (Å²) in [4.78, 5) is 23.6. The Morgan fingerprint density at radius 1 is 1.19 bits per heavy atom. The van der Waals surface area contributed by atoms with Crippen LogP contribution < -0.4 is 10.0 Å².